The largest absolute Gasteiger partial charge is 0.388 e. The fourth-order valence-corrected chi connectivity index (χ4v) is 3.74. The first kappa shape index (κ1) is 17.0. The van der Waals surface area contributed by atoms with Gasteiger partial charge in [-0.25, -0.2) is 0 Å². The monoisotopic (exact) mass is 330 g/mol. The zero-order valence-corrected chi connectivity index (χ0v) is 14.4. The number of fused-ring (bicyclic) bond motifs is 1. The van der Waals surface area contributed by atoms with Crippen LogP contribution in [0.5, 0.6) is 0 Å². The number of methoxy groups -OCH3 is 1. The Morgan fingerprint density at radius 3 is 2.96 bits per heavy atom. The summed E-state index contributed by atoms with van der Waals surface area (Å²) in [5.41, 5.74) is 2.25. The molecule has 0 aliphatic heterocycles. The van der Waals surface area contributed by atoms with E-state index >= 15 is 0 Å². The third kappa shape index (κ3) is 3.32. The van der Waals surface area contributed by atoms with Crippen molar-refractivity contribution in [3.63, 3.8) is 0 Å². The summed E-state index contributed by atoms with van der Waals surface area (Å²) in [5.74, 6) is 0.0704. The van der Waals surface area contributed by atoms with Gasteiger partial charge >= 0.3 is 0 Å². The summed E-state index contributed by atoms with van der Waals surface area (Å²) >= 11 is 0. The molecule has 3 rings (SSSR count). The maximum absolute atomic E-state index is 12.6. The van der Waals surface area contributed by atoms with Crippen LogP contribution < -0.4 is 0 Å². The lowest BCUT2D eigenvalue weighted by atomic mass is 9.89. The van der Waals surface area contributed by atoms with Crippen molar-refractivity contribution in [2.24, 2.45) is 0 Å². The van der Waals surface area contributed by atoms with Gasteiger partial charge in [-0.15, -0.1) is 0 Å². The minimum atomic E-state index is -0.606. The molecular weight excluding hydrogens is 304 g/mol. The van der Waals surface area contributed by atoms with Crippen molar-refractivity contribution in [3.05, 3.63) is 36.0 Å². The van der Waals surface area contributed by atoms with Crippen LogP contribution in [0.15, 0.2) is 30.5 Å². The van der Waals surface area contributed by atoms with E-state index in [1.165, 1.54) is 5.39 Å². The van der Waals surface area contributed by atoms with Crippen LogP contribution in [0.25, 0.3) is 10.9 Å². The highest BCUT2D eigenvalue weighted by molar-refractivity contribution is 5.84. The number of nitrogens with zero attached hydrogens (tertiary/aromatic N) is 1. The highest BCUT2D eigenvalue weighted by Crippen LogP contribution is 2.26. The molecule has 1 amide bonds. The minimum Gasteiger partial charge on any atom is -0.388 e. The molecule has 5 heteroatoms. The van der Waals surface area contributed by atoms with Crippen molar-refractivity contribution in [3.8, 4) is 0 Å². The number of H-pyrrole nitrogens is 1. The third-order valence-electron chi connectivity index (χ3n) is 5.24. The Bertz CT molecular complexity index is 697. The van der Waals surface area contributed by atoms with Crippen LogP contribution in [0, 0.1) is 0 Å². The van der Waals surface area contributed by atoms with Crippen LogP contribution in [0.3, 0.4) is 0 Å². The number of para-hydroxylation sites is 1. The van der Waals surface area contributed by atoms with Crippen LogP contribution in [0.1, 0.15) is 31.2 Å². The molecule has 24 heavy (non-hydrogen) atoms. The maximum atomic E-state index is 12.6. The Kier molecular flexibility index (Phi) is 5.21. The number of aromatic nitrogens is 1. The molecular formula is C19H26N2O3. The molecule has 0 radical (unpaired) electrons. The van der Waals surface area contributed by atoms with Crippen LogP contribution in [-0.4, -0.2) is 53.3 Å². The molecule has 3 atom stereocenters. The zero-order valence-electron chi connectivity index (χ0n) is 14.4. The van der Waals surface area contributed by atoms with Gasteiger partial charge in [-0.1, -0.05) is 18.2 Å². The predicted molar refractivity (Wildman–Crippen MR) is 93.8 cm³/mol. The van der Waals surface area contributed by atoms with E-state index in [0.29, 0.717) is 12.8 Å². The summed E-state index contributed by atoms with van der Waals surface area (Å²) in [5, 5.41) is 11.6. The topological polar surface area (TPSA) is 65.6 Å². The van der Waals surface area contributed by atoms with E-state index < -0.39 is 6.10 Å². The molecule has 0 saturated heterocycles. The standard InChI is InChI=1S/C19H26N2O3/c1-21(16-8-5-9-17(24-2)19(16)23)18(22)11-10-13-12-20-15-7-4-3-6-14(13)15/h3-4,6-7,12,16-17,19-20,23H,5,8-11H2,1-2H3/t16-,17-,19-/m1/s1. The van der Waals surface area contributed by atoms with Gasteiger partial charge in [0.25, 0.3) is 0 Å². The number of hydrogen-bond acceptors (Lipinski definition) is 3. The number of carbonyl (C=O) groups excluding carboxylic acids is 1. The van der Waals surface area contributed by atoms with Crippen LogP contribution in [0.4, 0.5) is 0 Å². The number of aromatic amines is 1. The zero-order chi connectivity index (χ0) is 17.1. The number of amides is 1. The summed E-state index contributed by atoms with van der Waals surface area (Å²) < 4.78 is 5.34. The van der Waals surface area contributed by atoms with E-state index in [9.17, 15) is 9.90 Å². The quantitative estimate of drug-likeness (QED) is 0.885. The van der Waals surface area contributed by atoms with Gasteiger partial charge in [0.15, 0.2) is 0 Å². The lowest BCUT2D eigenvalue weighted by Gasteiger charge is -2.39. The Morgan fingerprint density at radius 2 is 2.17 bits per heavy atom. The summed E-state index contributed by atoms with van der Waals surface area (Å²) in [4.78, 5) is 17.5. The molecule has 1 aromatic heterocycles. The Balaban J connectivity index is 1.62. The number of aryl methyl sites for hydroxylation is 1. The second-order valence-electron chi connectivity index (χ2n) is 6.63. The van der Waals surface area contributed by atoms with E-state index in [4.69, 9.17) is 4.74 Å². The molecule has 1 aliphatic rings. The second kappa shape index (κ2) is 7.36. The average molecular weight is 330 g/mol. The molecule has 2 aromatic rings. The lowest BCUT2D eigenvalue weighted by molar-refractivity contribution is -0.140. The Morgan fingerprint density at radius 1 is 1.38 bits per heavy atom. The van der Waals surface area contributed by atoms with Crippen LogP contribution >= 0.6 is 0 Å². The smallest absolute Gasteiger partial charge is 0.222 e. The Hall–Kier alpha value is -1.85. The number of ether oxygens (including phenoxy) is 1. The number of aliphatic hydroxyl groups excluding tert-OH is 1. The van der Waals surface area contributed by atoms with E-state index in [1.54, 1.807) is 19.1 Å². The molecule has 1 saturated carbocycles. The number of nitrogens with one attached hydrogen (secondary N) is 1. The summed E-state index contributed by atoms with van der Waals surface area (Å²) in [6.45, 7) is 0. The minimum absolute atomic E-state index is 0.0704. The number of rotatable bonds is 5. The van der Waals surface area contributed by atoms with E-state index in [1.807, 2.05) is 24.4 Å². The van der Waals surface area contributed by atoms with Crippen LogP contribution in [-0.2, 0) is 16.0 Å². The molecule has 5 nitrogen and oxygen atoms in total. The molecule has 1 fully saturated rings. The van der Waals surface area contributed by atoms with Gasteiger partial charge in [0.1, 0.15) is 6.10 Å². The summed E-state index contributed by atoms with van der Waals surface area (Å²) in [6, 6.07) is 7.97. The van der Waals surface area contributed by atoms with Gasteiger partial charge in [0.2, 0.25) is 5.91 Å². The van der Waals surface area contributed by atoms with E-state index in [0.717, 1.165) is 30.3 Å². The van der Waals surface area contributed by atoms with Gasteiger partial charge in [0, 0.05) is 37.7 Å². The first-order valence-corrected chi connectivity index (χ1v) is 8.63. The number of carbonyl (C=O) groups is 1. The Labute approximate surface area is 142 Å². The average Bonchev–Trinajstić information content (AvgIpc) is 3.02. The van der Waals surface area contributed by atoms with Gasteiger partial charge in [0.05, 0.1) is 12.1 Å². The lowest BCUT2D eigenvalue weighted by Crippen LogP contribution is -2.52. The maximum Gasteiger partial charge on any atom is 0.222 e. The molecule has 1 heterocycles. The number of aliphatic hydroxyl groups is 1. The second-order valence-corrected chi connectivity index (χ2v) is 6.63. The van der Waals surface area contributed by atoms with E-state index in [-0.39, 0.29) is 18.1 Å². The first-order valence-electron chi connectivity index (χ1n) is 8.63. The predicted octanol–water partition coefficient (Wildman–Crippen LogP) is 2.49. The van der Waals surface area contributed by atoms with E-state index in [2.05, 4.69) is 11.1 Å². The van der Waals surface area contributed by atoms with Crippen molar-refractivity contribution in [2.75, 3.05) is 14.2 Å². The van der Waals surface area contributed by atoms with Crippen molar-refractivity contribution in [1.82, 2.24) is 9.88 Å². The highest BCUT2D eigenvalue weighted by atomic mass is 16.5. The van der Waals surface area contributed by atoms with Gasteiger partial charge in [-0.2, -0.15) is 0 Å². The van der Waals surface area contributed by atoms with Crippen molar-refractivity contribution in [1.29, 1.82) is 0 Å². The molecule has 1 aliphatic carbocycles. The van der Waals surface area contributed by atoms with Gasteiger partial charge in [-0.3, -0.25) is 4.79 Å². The summed E-state index contributed by atoms with van der Waals surface area (Å²) in [7, 11) is 3.42. The van der Waals surface area contributed by atoms with Crippen molar-refractivity contribution < 1.29 is 14.6 Å². The molecule has 2 N–H and O–H groups in total. The van der Waals surface area contributed by atoms with Crippen molar-refractivity contribution in [2.45, 2.75) is 50.4 Å². The summed E-state index contributed by atoms with van der Waals surface area (Å²) in [6.07, 6.45) is 5.00. The van der Waals surface area contributed by atoms with Crippen molar-refractivity contribution >= 4 is 16.8 Å². The molecule has 130 valence electrons. The first-order chi connectivity index (χ1) is 11.6. The molecule has 0 unspecified atom stereocenters. The molecule has 0 bridgehead atoms. The third-order valence-corrected chi connectivity index (χ3v) is 5.24. The fraction of sp³-hybridized carbons (Fsp3) is 0.526. The van der Waals surface area contributed by atoms with Gasteiger partial charge < -0.3 is 19.7 Å². The fourth-order valence-electron chi connectivity index (χ4n) is 3.74. The molecule has 0 spiro atoms. The molecule has 1 aromatic carbocycles. The number of likely N-dealkylation sites (N-methyl/N-ethyl adjacent to an activating group) is 1. The number of hydrogen-bond donors (Lipinski definition) is 2. The van der Waals surface area contributed by atoms with Crippen LogP contribution in [0.2, 0.25) is 0 Å². The van der Waals surface area contributed by atoms with Gasteiger partial charge in [-0.05, 0) is 37.3 Å². The normalized spacial score (nSPS) is 24.2. The highest BCUT2D eigenvalue weighted by Gasteiger charge is 2.35. The number of benzene rings is 1. The SMILES string of the molecule is CO[C@@H]1CCC[C@@H](N(C)C(=O)CCc2c[nH]c3ccccc23)[C@H]1O.